The maximum Gasteiger partial charge on any atom is 0.251 e. The highest BCUT2D eigenvalue weighted by Gasteiger charge is 2.19. The van der Waals surface area contributed by atoms with Crippen molar-refractivity contribution in [2.24, 2.45) is 0 Å². The molecule has 1 saturated carbocycles. The molecule has 150 valence electrons. The number of halogens is 2. The summed E-state index contributed by atoms with van der Waals surface area (Å²) < 4.78 is 11.4. The highest BCUT2D eigenvalue weighted by atomic mass is 35.5. The molecule has 0 spiro atoms. The molecule has 3 rings (SSSR count). The van der Waals surface area contributed by atoms with Crippen molar-refractivity contribution in [2.45, 2.75) is 31.8 Å². The Morgan fingerprint density at radius 2 is 1.96 bits per heavy atom. The number of methoxy groups -OCH3 is 1. The zero-order chi connectivity index (χ0) is 19.9. The van der Waals surface area contributed by atoms with Gasteiger partial charge in [-0.25, -0.2) is 4.98 Å². The fourth-order valence-corrected chi connectivity index (χ4v) is 3.54. The number of carbonyl (C=O) groups excluding carboxylic acids is 1. The molecular weight excluding hydrogens is 401 g/mol. The van der Waals surface area contributed by atoms with Crippen LogP contribution in [0.5, 0.6) is 11.5 Å². The maximum absolute atomic E-state index is 12.4. The van der Waals surface area contributed by atoms with E-state index in [-0.39, 0.29) is 12.0 Å². The van der Waals surface area contributed by atoms with Gasteiger partial charge >= 0.3 is 0 Å². The molecule has 2 N–H and O–H groups in total. The Labute approximate surface area is 174 Å². The van der Waals surface area contributed by atoms with Gasteiger partial charge in [0.2, 0.25) is 0 Å². The van der Waals surface area contributed by atoms with Gasteiger partial charge in [-0.2, -0.15) is 0 Å². The van der Waals surface area contributed by atoms with Gasteiger partial charge in [0.15, 0.2) is 11.5 Å². The molecule has 28 heavy (non-hydrogen) atoms. The van der Waals surface area contributed by atoms with Crippen LogP contribution >= 0.6 is 23.2 Å². The molecule has 1 aromatic heterocycles. The Bertz CT molecular complexity index is 826. The van der Waals surface area contributed by atoms with Crippen LogP contribution in [0.3, 0.4) is 0 Å². The summed E-state index contributed by atoms with van der Waals surface area (Å²) >= 11 is 11.9. The third kappa shape index (κ3) is 5.42. The molecular formula is C20H23Cl2N3O3. The van der Waals surface area contributed by atoms with Gasteiger partial charge in [0, 0.05) is 24.8 Å². The molecule has 8 heteroatoms. The molecule has 1 aliphatic carbocycles. The summed E-state index contributed by atoms with van der Waals surface area (Å²) in [5, 5.41) is 6.81. The van der Waals surface area contributed by atoms with Gasteiger partial charge in [0.05, 0.1) is 23.3 Å². The topological polar surface area (TPSA) is 72.5 Å². The van der Waals surface area contributed by atoms with Crippen molar-refractivity contribution in [3.05, 3.63) is 46.1 Å². The van der Waals surface area contributed by atoms with Crippen molar-refractivity contribution in [3.63, 3.8) is 0 Å². The number of hydrogen-bond donors (Lipinski definition) is 2. The van der Waals surface area contributed by atoms with Crippen molar-refractivity contribution in [3.8, 4) is 11.5 Å². The van der Waals surface area contributed by atoms with E-state index in [0.29, 0.717) is 46.0 Å². The average Bonchev–Trinajstić information content (AvgIpc) is 3.19. The molecule has 0 bridgehead atoms. The molecule has 0 radical (unpaired) electrons. The lowest BCUT2D eigenvalue weighted by atomic mass is 10.2. The van der Waals surface area contributed by atoms with Crippen molar-refractivity contribution in [1.29, 1.82) is 0 Å². The van der Waals surface area contributed by atoms with Crippen LogP contribution in [-0.2, 0) is 0 Å². The number of amides is 1. The smallest absolute Gasteiger partial charge is 0.251 e. The molecule has 1 aliphatic rings. The normalized spacial score (nSPS) is 14.0. The second kappa shape index (κ2) is 9.85. The Balaban J connectivity index is 1.52. The summed E-state index contributed by atoms with van der Waals surface area (Å²) in [6, 6.07) is 6.85. The highest BCUT2D eigenvalue weighted by molar-refractivity contribution is 6.35. The van der Waals surface area contributed by atoms with E-state index in [1.54, 1.807) is 31.4 Å². The monoisotopic (exact) mass is 423 g/mol. The first-order valence-corrected chi connectivity index (χ1v) is 10.00. The first-order valence-electron chi connectivity index (χ1n) is 9.24. The lowest BCUT2D eigenvalue weighted by Gasteiger charge is -2.16. The molecule has 1 aromatic carbocycles. The second-order valence-corrected chi connectivity index (χ2v) is 7.40. The van der Waals surface area contributed by atoms with E-state index in [9.17, 15) is 4.79 Å². The molecule has 0 atom stereocenters. The number of hydrogen-bond acceptors (Lipinski definition) is 5. The molecule has 1 heterocycles. The van der Waals surface area contributed by atoms with Crippen LogP contribution in [0.4, 0.5) is 5.82 Å². The first kappa shape index (κ1) is 20.6. The maximum atomic E-state index is 12.4. The van der Waals surface area contributed by atoms with Crippen LogP contribution in [0.15, 0.2) is 30.5 Å². The molecule has 0 unspecified atom stereocenters. The Kier molecular flexibility index (Phi) is 7.23. The first-order chi connectivity index (χ1) is 13.6. The number of carbonyl (C=O) groups is 1. The van der Waals surface area contributed by atoms with Gasteiger partial charge in [-0.3, -0.25) is 4.79 Å². The second-order valence-electron chi connectivity index (χ2n) is 6.56. The molecule has 1 amide bonds. The largest absolute Gasteiger partial charge is 0.493 e. The Hall–Kier alpha value is -2.18. The van der Waals surface area contributed by atoms with Crippen LogP contribution in [0.2, 0.25) is 10.0 Å². The Morgan fingerprint density at radius 1 is 1.18 bits per heavy atom. The van der Waals surface area contributed by atoms with Gasteiger partial charge in [-0.05, 0) is 49.9 Å². The number of rotatable bonds is 8. The molecule has 0 saturated heterocycles. The summed E-state index contributed by atoms with van der Waals surface area (Å²) in [4.78, 5) is 16.5. The van der Waals surface area contributed by atoms with Crippen LogP contribution < -0.4 is 20.1 Å². The minimum absolute atomic E-state index is 0.192. The van der Waals surface area contributed by atoms with Crippen molar-refractivity contribution in [2.75, 3.05) is 25.5 Å². The number of benzene rings is 1. The van der Waals surface area contributed by atoms with Crippen LogP contribution in [0.25, 0.3) is 0 Å². The van der Waals surface area contributed by atoms with Crippen LogP contribution in [-0.4, -0.2) is 37.2 Å². The van der Waals surface area contributed by atoms with E-state index in [1.807, 2.05) is 0 Å². The molecule has 0 aliphatic heterocycles. The predicted octanol–water partition coefficient (Wildman–Crippen LogP) is 4.56. The standard InChI is InChI=1S/C20H23Cl2N3O3/c1-27-18-10-13(6-7-17(18)28-15-4-2-3-5-15)20(26)24-9-8-23-19-16(22)11-14(21)12-25-19/h6-7,10-12,15H,2-5,8-9H2,1H3,(H,23,25)(H,24,26). The SMILES string of the molecule is COc1cc(C(=O)NCCNc2ncc(Cl)cc2Cl)ccc1OC1CCCC1. The van der Waals surface area contributed by atoms with E-state index in [4.69, 9.17) is 32.7 Å². The lowest BCUT2D eigenvalue weighted by molar-refractivity contribution is 0.0954. The van der Waals surface area contributed by atoms with E-state index in [0.717, 1.165) is 12.8 Å². The van der Waals surface area contributed by atoms with Gasteiger partial charge < -0.3 is 20.1 Å². The quantitative estimate of drug-likeness (QED) is 0.608. The number of pyridine rings is 1. The van der Waals surface area contributed by atoms with Crippen LogP contribution in [0.1, 0.15) is 36.0 Å². The summed E-state index contributed by atoms with van der Waals surface area (Å²) in [6.45, 7) is 0.877. The van der Waals surface area contributed by atoms with Gasteiger partial charge in [-0.1, -0.05) is 23.2 Å². The summed E-state index contributed by atoms with van der Waals surface area (Å²) in [5.41, 5.74) is 0.512. The third-order valence-corrected chi connectivity index (χ3v) is 5.03. The van der Waals surface area contributed by atoms with Gasteiger partial charge in [0.1, 0.15) is 5.82 Å². The average molecular weight is 424 g/mol. The molecule has 1 fully saturated rings. The minimum Gasteiger partial charge on any atom is -0.493 e. The molecule has 2 aromatic rings. The fraction of sp³-hybridized carbons (Fsp3) is 0.400. The zero-order valence-corrected chi connectivity index (χ0v) is 17.1. The highest BCUT2D eigenvalue weighted by Crippen LogP contribution is 2.32. The summed E-state index contributed by atoms with van der Waals surface area (Å²) in [5.74, 6) is 1.57. The fourth-order valence-electron chi connectivity index (χ4n) is 3.10. The van der Waals surface area contributed by atoms with Gasteiger partial charge in [-0.15, -0.1) is 0 Å². The summed E-state index contributed by atoms with van der Waals surface area (Å²) in [7, 11) is 1.57. The van der Waals surface area contributed by atoms with Crippen LogP contribution in [0, 0.1) is 0 Å². The van der Waals surface area contributed by atoms with E-state index >= 15 is 0 Å². The van der Waals surface area contributed by atoms with Crippen molar-refractivity contribution in [1.82, 2.24) is 10.3 Å². The van der Waals surface area contributed by atoms with E-state index < -0.39 is 0 Å². The predicted molar refractivity (Wildman–Crippen MR) is 111 cm³/mol. The minimum atomic E-state index is -0.192. The summed E-state index contributed by atoms with van der Waals surface area (Å²) in [6.07, 6.45) is 6.25. The number of anilines is 1. The number of ether oxygens (including phenoxy) is 2. The number of aromatic nitrogens is 1. The number of nitrogens with zero attached hydrogens (tertiary/aromatic N) is 1. The Morgan fingerprint density at radius 3 is 2.68 bits per heavy atom. The number of nitrogens with one attached hydrogen (secondary N) is 2. The van der Waals surface area contributed by atoms with Crippen molar-refractivity contribution < 1.29 is 14.3 Å². The third-order valence-electron chi connectivity index (χ3n) is 4.53. The molecule has 6 nitrogen and oxygen atoms in total. The van der Waals surface area contributed by atoms with E-state index in [2.05, 4.69) is 15.6 Å². The lowest BCUT2D eigenvalue weighted by Crippen LogP contribution is -2.29. The zero-order valence-electron chi connectivity index (χ0n) is 15.6. The van der Waals surface area contributed by atoms with E-state index in [1.165, 1.54) is 19.0 Å². The van der Waals surface area contributed by atoms with Crippen molar-refractivity contribution >= 4 is 34.9 Å². The van der Waals surface area contributed by atoms with Gasteiger partial charge in [0.25, 0.3) is 5.91 Å².